The van der Waals surface area contributed by atoms with Crippen LogP contribution >= 0.6 is 0 Å². The summed E-state index contributed by atoms with van der Waals surface area (Å²) in [4.78, 5) is 12.2. The lowest BCUT2D eigenvalue weighted by Crippen LogP contribution is -2.21. The Kier molecular flexibility index (Phi) is 4.45. The van der Waals surface area contributed by atoms with Crippen LogP contribution in [0.2, 0.25) is 0 Å². The molecule has 0 aliphatic heterocycles. The van der Waals surface area contributed by atoms with Gasteiger partial charge >= 0.3 is 6.18 Å². The predicted molar refractivity (Wildman–Crippen MR) is 82.9 cm³/mol. The highest BCUT2D eigenvalue weighted by Gasteiger charge is 2.40. The molecule has 26 heavy (non-hydrogen) atoms. The number of hydrogen-bond acceptors (Lipinski definition) is 2. The van der Waals surface area contributed by atoms with E-state index in [0.717, 1.165) is 18.3 Å². The molecule has 1 aromatic heterocycles. The van der Waals surface area contributed by atoms with Gasteiger partial charge in [0.1, 0.15) is 11.6 Å². The first-order valence-corrected chi connectivity index (χ1v) is 7.24. The number of hydrogen-bond donors (Lipinski definition) is 1. The van der Waals surface area contributed by atoms with Crippen LogP contribution in [0, 0.1) is 11.6 Å². The van der Waals surface area contributed by atoms with Crippen LogP contribution in [0.4, 0.5) is 27.6 Å². The molecular weight excluding hydrogens is 357 g/mol. The Labute approximate surface area is 143 Å². The number of rotatable bonds is 3. The molecular formula is C17H10F5N3O. The van der Waals surface area contributed by atoms with Crippen molar-refractivity contribution in [2.45, 2.75) is 6.18 Å². The first-order valence-electron chi connectivity index (χ1n) is 7.24. The minimum atomic E-state index is -4.89. The number of amides is 1. The number of carbonyl (C=O) groups excluding carboxylic acids is 1. The van der Waals surface area contributed by atoms with Gasteiger partial charge in [-0.05, 0) is 24.3 Å². The number of halogens is 5. The quantitative estimate of drug-likeness (QED) is 0.697. The molecule has 134 valence electrons. The maximum atomic E-state index is 13.6. The van der Waals surface area contributed by atoms with Gasteiger partial charge in [-0.3, -0.25) is 4.79 Å². The Morgan fingerprint density at radius 1 is 1.04 bits per heavy atom. The number of alkyl halides is 3. The molecule has 0 radical (unpaired) electrons. The van der Waals surface area contributed by atoms with Crippen molar-refractivity contribution in [2.75, 3.05) is 5.32 Å². The van der Waals surface area contributed by atoms with Gasteiger partial charge in [0.25, 0.3) is 5.91 Å². The lowest BCUT2D eigenvalue weighted by molar-refractivity contribution is -0.143. The van der Waals surface area contributed by atoms with Crippen LogP contribution in [-0.2, 0) is 6.18 Å². The van der Waals surface area contributed by atoms with Gasteiger partial charge in [0.15, 0.2) is 5.69 Å². The van der Waals surface area contributed by atoms with E-state index in [4.69, 9.17) is 0 Å². The van der Waals surface area contributed by atoms with Gasteiger partial charge in [0, 0.05) is 6.07 Å². The predicted octanol–water partition coefficient (Wildman–Crippen LogP) is 4.42. The number of para-hydroxylation sites is 1. The number of aromatic nitrogens is 2. The van der Waals surface area contributed by atoms with Gasteiger partial charge in [0.05, 0.1) is 23.1 Å². The Bertz CT molecular complexity index is 951. The number of benzene rings is 2. The summed E-state index contributed by atoms with van der Waals surface area (Å²) >= 11 is 0. The third kappa shape index (κ3) is 3.41. The maximum Gasteiger partial charge on any atom is 0.434 e. The average molecular weight is 367 g/mol. The van der Waals surface area contributed by atoms with E-state index in [1.807, 2.05) is 5.32 Å². The van der Waals surface area contributed by atoms with Gasteiger partial charge in [-0.2, -0.15) is 18.3 Å². The van der Waals surface area contributed by atoms with E-state index in [1.54, 1.807) is 6.07 Å². The molecule has 0 bridgehead atoms. The monoisotopic (exact) mass is 367 g/mol. The minimum Gasteiger partial charge on any atom is -0.319 e. The Morgan fingerprint density at radius 3 is 2.35 bits per heavy atom. The Hall–Kier alpha value is -3.23. The second-order valence-corrected chi connectivity index (χ2v) is 5.23. The van der Waals surface area contributed by atoms with E-state index in [-0.39, 0.29) is 5.69 Å². The van der Waals surface area contributed by atoms with Crippen molar-refractivity contribution in [3.8, 4) is 5.69 Å². The summed E-state index contributed by atoms with van der Waals surface area (Å²) in [6.07, 6.45) is -4.15. The fourth-order valence-electron chi connectivity index (χ4n) is 2.33. The van der Waals surface area contributed by atoms with Crippen LogP contribution in [0.25, 0.3) is 5.69 Å². The SMILES string of the molecule is O=C(Nc1ccc(F)cc1F)c1cnn(-c2ccccc2)c1C(F)(F)F. The van der Waals surface area contributed by atoms with Crippen LogP contribution in [0.15, 0.2) is 54.7 Å². The fourth-order valence-corrected chi connectivity index (χ4v) is 2.33. The molecule has 4 nitrogen and oxygen atoms in total. The van der Waals surface area contributed by atoms with Crippen LogP contribution in [-0.4, -0.2) is 15.7 Å². The zero-order chi connectivity index (χ0) is 18.9. The molecule has 1 amide bonds. The lowest BCUT2D eigenvalue weighted by atomic mass is 10.2. The summed E-state index contributed by atoms with van der Waals surface area (Å²) in [6.45, 7) is 0. The first kappa shape index (κ1) is 17.6. The van der Waals surface area contributed by atoms with E-state index in [2.05, 4.69) is 5.10 Å². The van der Waals surface area contributed by atoms with Crippen LogP contribution in [0.3, 0.4) is 0 Å². The third-order valence-corrected chi connectivity index (χ3v) is 3.46. The van der Waals surface area contributed by atoms with Crippen molar-refractivity contribution in [1.29, 1.82) is 0 Å². The molecule has 0 fully saturated rings. The van der Waals surface area contributed by atoms with Crippen molar-refractivity contribution in [2.24, 2.45) is 0 Å². The van der Waals surface area contributed by atoms with E-state index in [1.165, 1.54) is 24.3 Å². The Morgan fingerprint density at radius 2 is 1.73 bits per heavy atom. The molecule has 0 aliphatic rings. The molecule has 1 heterocycles. The summed E-state index contributed by atoms with van der Waals surface area (Å²) in [5.74, 6) is -3.21. The van der Waals surface area contributed by atoms with Crippen molar-refractivity contribution >= 4 is 11.6 Å². The maximum absolute atomic E-state index is 13.6. The molecule has 0 atom stereocenters. The number of nitrogens with zero attached hydrogens (tertiary/aromatic N) is 2. The van der Waals surface area contributed by atoms with Gasteiger partial charge in [-0.25, -0.2) is 13.5 Å². The number of carbonyl (C=O) groups is 1. The standard InChI is InChI=1S/C17H10F5N3O/c18-10-6-7-14(13(19)8-10)24-16(26)12-9-23-25(15(12)17(20,21)22)11-4-2-1-3-5-11/h1-9H,(H,24,26). The largest absolute Gasteiger partial charge is 0.434 e. The topological polar surface area (TPSA) is 46.9 Å². The normalized spacial score (nSPS) is 11.4. The molecule has 0 spiro atoms. The molecule has 3 aromatic rings. The highest BCUT2D eigenvalue weighted by atomic mass is 19.4. The summed E-state index contributed by atoms with van der Waals surface area (Å²) in [5, 5.41) is 5.63. The summed E-state index contributed by atoms with van der Waals surface area (Å²) in [7, 11) is 0. The first-order chi connectivity index (χ1) is 12.3. The third-order valence-electron chi connectivity index (χ3n) is 3.46. The second-order valence-electron chi connectivity index (χ2n) is 5.23. The second kappa shape index (κ2) is 6.58. The number of nitrogens with one attached hydrogen (secondary N) is 1. The molecule has 0 aliphatic carbocycles. The smallest absolute Gasteiger partial charge is 0.319 e. The molecule has 0 saturated carbocycles. The summed E-state index contributed by atoms with van der Waals surface area (Å²) in [5.41, 5.74) is -2.43. The van der Waals surface area contributed by atoms with E-state index in [0.29, 0.717) is 10.7 Å². The van der Waals surface area contributed by atoms with E-state index < -0.39 is 40.7 Å². The van der Waals surface area contributed by atoms with Crippen molar-refractivity contribution < 1.29 is 26.7 Å². The van der Waals surface area contributed by atoms with E-state index in [9.17, 15) is 26.7 Å². The molecule has 1 N–H and O–H groups in total. The van der Waals surface area contributed by atoms with Crippen LogP contribution < -0.4 is 5.32 Å². The molecule has 9 heteroatoms. The van der Waals surface area contributed by atoms with Crippen molar-refractivity contribution in [3.05, 3.63) is 77.6 Å². The zero-order valence-corrected chi connectivity index (χ0v) is 12.9. The van der Waals surface area contributed by atoms with Gasteiger partial charge in [0.2, 0.25) is 0 Å². The lowest BCUT2D eigenvalue weighted by Gasteiger charge is -2.13. The average Bonchev–Trinajstić information content (AvgIpc) is 3.04. The van der Waals surface area contributed by atoms with Crippen LogP contribution in [0.5, 0.6) is 0 Å². The molecule has 0 saturated heterocycles. The van der Waals surface area contributed by atoms with Gasteiger partial charge < -0.3 is 5.32 Å². The summed E-state index contributed by atoms with van der Waals surface area (Å²) in [6, 6.07) is 9.73. The highest BCUT2D eigenvalue weighted by molar-refractivity contribution is 6.05. The fraction of sp³-hybridized carbons (Fsp3) is 0.0588. The van der Waals surface area contributed by atoms with Crippen molar-refractivity contribution in [1.82, 2.24) is 9.78 Å². The zero-order valence-electron chi connectivity index (χ0n) is 12.9. The van der Waals surface area contributed by atoms with Gasteiger partial charge in [-0.1, -0.05) is 18.2 Å². The Balaban J connectivity index is 2.02. The van der Waals surface area contributed by atoms with Crippen LogP contribution in [0.1, 0.15) is 16.1 Å². The molecule has 0 unspecified atom stereocenters. The van der Waals surface area contributed by atoms with Gasteiger partial charge in [-0.15, -0.1) is 0 Å². The van der Waals surface area contributed by atoms with Crippen molar-refractivity contribution in [3.63, 3.8) is 0 Å². The number of anilines is 1. The molecule has 2 aromatic carbocycles. The summed E-state index contributed by atoms with van der Waals surface area (Å²) < 4.78 is 67.6. The molecule has 3 rings (SSSR count). The van der Waals surface area contributed by atoms with E-state index >= 15 is 0 Å². The highest BCUT2D eigenvalue weighted by Crippen LogP contribution is 2.34. The minimum absolute atomic E-state index is 0.104.